The number of hydrogen-bond donors (Lipinski definition) is 2. The molecule has 1 atom stereocenters. The third-order valence-corrected chi connectivity index (χ3v) is 7.91. The van der Waals surface area contributed by atoms with Crippen LogP contribution in [-0.4, -0.2) is 51.9 Å². The van der Waals surface area contributed by atoms with Crippen molar-refractivity contribution in [1.29, 1.82) is 0 Å². The van der Waals surface area contributed by atoms with Crippen molar-refractivity contribution in [2.24, 2.45) is 0 Å². The summed E-state index contributed by atoms with van der Waals surface area (Å²) in [5.74, 6) is 0.331. The van der Waals surface area contributed by atoms with Gasteiger partial charge in [0, 0.05) is 29.4 Å². The Labute approximate surface area is 174 Å². The topological polar surface area (TPSA) is 109 Å². The molecule has 8 nitrogen and oxygen atoms in total. The van der Waals surface area contributed by atoms with Crippen LogP contribution < -0.4 is 10.2 Å². The van der Waals surface area contributed by atoms with Gasteiger partial charge in [0.2, 0.25) is 10.0 Å². The fraction of sp³-hybridized carbons (Fsp3) is 0.368. The van der Waals surface area contributed by atoms with Gasteiger partial charge in [-0.15, -0.1) is 0 Å². The Balaban J connectivity index is 1.80. The van der Waals surface area contributed by atoms with Crippen molar-refractivity contribution >= 4 is 27.7 Å². The van der Waals surface area contributed by atoms with Gasteiger partial charge in [-0.25, -0.2) is 13.9 Å². The van der Waals surface area contributed by atoms with Gasteiger partial charge in [0.1, 0.15) is 18.4 Å². The molecule has 2 N–H and O–H groups in total. The van der Waals surface area contributed by atoms with E-state index in [1.165, 1.54) is 23.9 Å². The van der Waals surface area contributed by atoms with Gasteiger partial charge in [0.15, 0.2) is 0 Å². The van der Waals surface area contributed by atoms with E-state index in [-0.39, 0.29) is 11.4 Å². The molecule has 1 aliphatic heterocycles. The number of ether oxygens (including phenoxy) is 1. The first-order chi connectivity index (χ1) is 13.8. The molecule has 2 aromatic rings. The average molecular weight is 438 g/mol. The van der Waals surface area contributed by atoms with E-state index in [9.17, 15) is 13.2 Å². The van der Waals surface area contributed by atoms with Crippen LogP contribution in [0.15, 0.2) is 53.7 Å². The highest BCUT2D eigenvalue weighted by Crippen LogP contribution is 2.38. The SMILES string of the molecule is CC1(C)SCCN(S(=O)(=O)c2ccc(OCc3ccncc3)cc2)C1C(=O)NO. The number of aromatic nitrogens is 1. The normalized spacial score (nSPS) is 19.5. The van der Waals surface area contributed by atoms with Crippen LogP contribution in [-0.2, 0) is 21.4 Å². The van der Waals surface area contributed by atoms with Crippen molar-refractivity contribution in [3.8, 4) is 5.75 Å². The number of amides is 1. The molecule has 10 heteroatoms. The lowest BCUT2D eigenvalue weighted by atomic mass is 10.0. The molecule has 2 heterocycles. The molecule has 1 aliphatic rings. The summed E-state index contributed by atoms with van der Waals surface area (Å²) in [5.41, 5.74) is 2.55. The van der Waals surface area contributed by atoms with Crippen molar-refractivity contribution in [2.75, 3.05) is 12.3 Å². The number of carbonyl (C=O) groups is 1. The van der Waals surface area contributed by atoms with E-state index in [1.807, 2.05) is 12.1 Å². The van der Waals surface area contributed by atoms with E-state index in [0.717, 1.165) is 9.87 Å². The third-order valence-electron chi connectivity index (χ3n) is 4.68. The Bertz CT molecular complexity index is 950. The fourth-order valence-corrected chi connectivity index (χ4v) is 6.32. The molecule has 29 heavy (non-hydrogen) atoms. The summed E-state index contributed by atoms with van der Waals surface area (Å²) in [6.07, 6.45) is 3.34. The van der Waals surface area contributed by atoms with E-state index in [2.05, 4.69) is 4.98 Å². The molecule has 1 aromatic heterocycles. The van der Waals surface area contributed by atoms with Gasteiger partial charge in [0.25, 0.3) is 5.91 Å². The molecule has 1 saturated heterocycles. The molecule has 0 saturated carbocycles. The van der Waals surface area contributed by atoms with Crippen LogP contribution >= 0.6 is 11.8 Å². The minimum Gasteiger partial charge on any atom is -0.489 e. The molecule has 1 unspecified atom stereocenters. The lowest BCUT2D eigenvalue weighted by molar-refractivity contribution is -0.134. The fourth-order valence-electron chi connectivity index (χ4n) is 3.21. The third kappa shape index (κ3) is 4.72. The second-order valence-corrected chi connectivity index (χ2v) is 10.7. The molecule has 1 fully saturated rings. The van der Waals surface area contributed by atoms with Crippen LogP contribution in [0.1, 0.15) is 19.4 Å². The first kappa shape index (κ1) is 21.6. The van der Waals surface area contributed by atoms with Crippen LogP contribution in [0.2, 0.25) is 0 Å². The number of hydroxylamine groups is 1. The van der Waals surface area contributed by atoms with Gasteiger partial charge in [-0.2, -0.15) is 16.1 Å². The Hall–Kier alpha value is -2.14. The number of sulfonamides is 1. The minimum atomic E-state index is -3.94. The number of rotatable bonds is 6. The maximum atomic E-state index is 13.2. The predicted octanol–water partition coefficient (Wildman–Crippen LogP) is 2.05. The lowest BCUT2D eigenvalue weighted by Gasteiger charge is -2.43. The summed E-state index contributed by atoms with van der Waals surface area (Å²) in [7, 11) is -3.94. The average Bonchev–Trinajstić information content (AvgIpc) is 2.72. The zero-order valence-corrected chi connectivity index (χ0v) is 17.7. The van der Waals surface area contributed by atoms with Gasteiger partial charge in [-0.05, 0) is 55.8 Å². The van der Waals surface area contributed by atoms with Gasteiger partial charge in [-0.3, -0.25) is 15.0 Å². The molecule has 0 aliphatic carbocycles. The van der Waals surface area contributed by atoms with E-state index >= 15 is 0 Å². The van der Waals surface area contributed by atoms with E-state index in [0.29, 0.717) is 18.1 Å². The Kier molecular flexibility index (Phi) is 6.47. The molecule has 1 amide bonds. The maximum absolute atomic E-state index is 13.2. The molecule has 0 bridgehead atoms. The summed E-state index contributed by atoms with van der Waals surface area (Å²) >= 11 is 1.49. The number of benzene rings is 1. The van der Waals surface area contributed by atoms with Crippen molar-refractivity contribution in [3.05, 3.63) is 54.4 Å². The Morgan fingerprint density at radius 1 is 1.28 bits per heavy atom. The number of pyridine rings is 1. The van der Waals surface area contributed by atoms with Crippen molar-refractivity contribution in [3.63, 3.8) is 0 Å². The first-order valence-corrected chi connectivity index (χ1v) is 11.4. The van der Waals surface area contributed by atoms with E-state index < -0.39 is 26.7 Å². The number of nitrogens with one attached hydrogen (secondary N) is 1. The number of nitrogens with zero attached hydrogens (tertiary/aromatic N) is 2. The molecular formula is C19H23N3O5S2. The van der Waals surface area contributed by atoms with Crippen molar-refractivity contribution in [2.45, 2.75) is 36.1 Å². The van der Waals surface area contributed by atoms with E-state index in [1.54, 1.807) is 43.9 Å². The lowest BCUT2D eigenvalue weighted by Crippen LogP contribution is -2.61. The summed E-state index contributed by atoms with van der Waals surface area (Å²) in [4.78, 5) is 16.2. The molecule has 0 radical (unpaired) electrons. The monoisotopic (exact) mass is 437 g/mol. The summed E-state index contributed by atoms with van der Waals surface area (Å²) in [5, 5.41) is 9.11. The highest BCUT2D eigenvalue weighted by molar-refractivity contribution is 8.00. The van der Waals surface area contributed by atoms with Crippen molar-refractivity contribution < 1.29 is 23.2 Å². The van der Waals surface area contributed by atoms with Gasteiger partial charge < -0.3 is 4.74 Å². The minimum absolute atomic E-state index is 0.0622. The zero-order chi connectivity index (χ0) is 21.1. The number of thioether (sulfide) groups is 1. The zero-order valence-electron chi connectivity index (χ0n) is 16.1. The quantitative estimate of drug-likeness (QED) is 0.526. The molecule has 0 spiro atoms. The van der Waals surface area contributed by atoms with Crippen LogP contribution in [0.5, 0.6) is 5.75 Å². The highest BCUT2D eigenvalue weighted by Gasteiger charge is 2.48. The molecule has 156 valence electrons. The van der Waals surface area contributed by atoms with Crippen LogP contribution in [0.3, 0.4) is 0 Å². The second kappa shape index (κ2) is 8.70. The predicted molar refractivity (Wildman–Crippen MR) is 109 cm³/mol. The second-order valence-electron chi connectivity index (χ2n) is 7.06. The molecular weight excluding hydrogens is 414 g/mol. The van der Waals surface area contributed by atoms with Gasteiger partial charge >= 0.3 is 0 Å². The number of hydrogen-bond acceptors (Lipinski definition) is 7. The van der Waals surface area contributed by atoms with Crippen LogP contribution in [0, 0.1) is 0 Å². The summed E-state index contributed by atoms with van der Waals surface area (Å²) < 4.78 is 32.6. The summed E-state index contributed by atoms with van der Waals surface area (Å²) in [6, 6.07) is 8.72. The van der Waals surface area contributed by atoms with E-state index in [4.69, 9.17) is 9.94 Å². The maximum Gasteiger partial charge on any atom is 0.263 e. The molecule has 1 aromatic carbocycles. The Morgan fingerprint density at radius 2 is 1.93 bits per heavy atom. The van der Waals surface area contributed by atoms with Gasteiger partial charge in [0.05, 0.1) is 4.90 Å². The number of carbonyl (C=O) groups excluding carboxylic acids is 1. The first-order valence-electron chi connectivity index (χ1n) is 8.97. The van der Waals surface area contributed by atoms with Crippen LogP contribution in [0.25, 0.3) is 0 Å². The van der Waals surface area contributed by atoms with Crippen LogP contribution in [0.4, 0.5) is 0 Å². The molecule has 3 rings (SSSR count). The summed E-state index contributed by atoms with van der Waals surface area (Å²) in [6.45, 7) is 4.09. The van der Waals surface area contributed by atoms with Crippen molar-refractivity contribution in [1.82, 2.24) is 14.8 Å². The largest absolute Gasteiger partial charge is 0.489 e. The Morgan fingerprint density at radius 3 is 2.55 bits per heavy atom. The van der Waals surface area contributed by atoms with Gasteiger partial charge in [-0.1, -0.05) is 0 Å². The standard InChI is InChI=1S/C19H23N3O5S2/c1-19(2)17(18(23)21-24)22(11-12-28-19)29(25,26)16-5-3-15(4-6-16)27-13-14-7-9-20-10-8-14/h3-10,17,24H,11-13H2,1-2H3,(H,21,23). The highest BCUT2D eigenvalue weighted by atomic mass is 32.2. The smallest absolute Gasteiger partial charge is 0.263 e.